The van der Waals surface area contributed by atoms with Gasteiger partial charge in [0.1, 0.15) is 0 Å². The maximum atomic E-state index is 7.75. The SMILES string of the molecule is CCN(CC)CC1=CC=CC(=C[PH+](C(C)(C)C)C(C)(C)C)[N-]1.[CH-]=O.[RuH+3]. The van der Waals surface area contributed by atoms with Crippen LogP contribution < -0.4 is 0 Å². The maximum absolute atomic E-state index is 7.75. The van der Waals surface area contributed by atoms with E-state index in [4.69, 9.17) is 10.1 Å². The minimum absolute atomic E-state index is 0. The number of hydrogen-bond acceptors (Lipinski definition) is 2. The molecule has 0 aromatic carbocycles. The molecule has 0 spiro atoms. The molecule has 1 heterocycles. The third-order valence-corrected chi connectivity index (χ3v) is 7.83. The molecule has 0 aromatic heterocycles. The molecule has 0 unspecified atom stereocenters. The predicted octanol–water partition coefficient (Wildman–Crippen LogP) is 5.26. The van der Waals surface area contributed by atoms with Crippen molar-refractivity contribution >= 4 is 14.7 Å². The molecule has 0 fully saturated rings. The van der Waals surface area contributed by atoms with Crippen molar-refractivity contribution in [2.24, 2.45) is 0 Å². The van der Waals surface area contributed by atoms with Crippen molar-refractivity contribution < 1.29 is 24.3 Å². The van der Waals surface area contributed by atoms with Crippen LogP contribution in [-0.4, -0.2) is 41.6 Å². The number of hydrogen-bond donors (Lipinski definition) is 0. The molecule has 0 saturated carbocycles. The van der Waals surface area contributed by atoms with Gasteiger partial charge in [-0.05, 0) is 54.6 Å². The second-order valence-electron chi connectivity index (χ2n) is 8.07. The van der Waals surface area contributed by atoms with Gasteiger partial charge >= 0.3 is 19.5 Å². The van der Waals surface area contributed by atoms with Crippen molar-refractivity contribution in [1.82, 2.24) is 4.90 Å². The molecule has 3 nitrogen and oxygen atoms in total. The molecule has 144 valence electrons. The second kappa shape index (κ2) is 12.2. The molecule has 1 rings (SSSR count). The summed E-state index contributed by atoms with van der Waals surface area (Å²) in [6, 6.07) is 0. The molecule has 0 aliphatic carbocycles. The van der Waals surface area contributed by atoms with Crippen LogP contribution in [0.15, 0.2) is 35.4 Å². The molecule has 0 bridgehead atoms. The zero-order valence-corrected chi connectivity index (χ0v) is 20.0. The van der Waals surface area contributed by atoms with Gasteiger partial charge in [0.25, 0.3) is 0 Å². The van der Waals surface area contributed by atoms with E-state index >= 15 is 0 Å². The Bertz CT molecular complexity index is 455. The fourth-order valence-corrected chi connectivity index (χ4v) is 6.62. The topological polar surface area (TPSA) is 34.4 Å². The van der Waals surface area contributed by atoms with E-state index in [2.05, 4.69) is 91.1 Å². The summed E-state index contributed by atoms with van der Waals surface area (Å²) in [5.41, 5.74) is 2.34. The van der Waals surface area contributed by atoms with Gasteiger partial charge in [-0.15, -0.1) is 11.4 Å². The average Bonchev–Trinajstić information content (AvgIpc) is 2.50. The summed E-state index contributed by atoms with van der Waals surface area (Å²) in [4.78, 5) is 10.2. The van der Waals surface area contributed by atoms with Crippen molar-refractivity contribution in [3.63, 3.8) is 0 Å². The van der Waals surface area contributed by atoms with E-state index in [0.717, 1.165) is 25.3 Å². The Morgan fingerprint density at radius 2 is 1.56 bits per heavy atom. The number of likely N-dealkylation sites (N-methyl/N-ethyl adjacent to an activating group) is 1. The van der Waals surface area contributed by atoms with E-state index in [0.29, 0.717) is 10.3 Å². The summed E-state index contributed by atoms with van der Waals surface area (Å²) in [7, 11) is -0.684. The van der Waals surface area contributed by atoms with E-state index in [1.165, 1.54) is 5.70 Å². The van der Waals surface area contributed by atoms with E-state index < -0.39 is 7.92 Å². The summed E-state index contributed by atoms with van der Waals surface area (Å²) in [6.07, 6.45) is 6.46. The van der Waals surface area contributed by atoms with Gasteiger partial charge in [0.15, 0.2) is 0 Å². The summed E-state index contributed by atoms with van der Waals surface area (Å²) >= 11 is 0. The van der Waals surface area contributed by atoms with E-state index in [-0.39, 0.29) is 19.5 Å². The Morgan fingerprint density at radius 1 is 1.08 bits per heavy atom. The first-order chi connectivity index (χ1) is 11.1. The third kappa shape index (κ3) is 9.83. The Kier molecular flexibility index (Phi) is 13.1. The molecular formula is C20H37N2OPRu+2. The molecule has 0 N–H and O–H groups in total. The number of nitrogens with zero attached hydrogens (tertiary/aromatic N) is 2. The Labute approximate surface area is 169 Å². The molecule has 0 saturated heterocycles. The predicted molar refractivity (Wildman–Crippen MR) is 112 cm³/mol. The van der Waals surface area contributed by atoms with Crippen LogP contribution in [0.5, 0.6) is 0 Å². The first-order valence-electron chi connectivity index (χ1n) is 8.72. The van der Waals surface area contributed by atoms with Crippen molar-refractivity contribution in [2.45, 2.75) is 65.7 Å². The summed E-state index contributed by atoms with van der Waals surface area (Å²) in [5.74, 6) is 2.47. The normalized spacial score (nSPS) is 16.1. The van der Waals surface area contributed by atoms with Crippen molar-refractivity contribution in [1.29, 1.82) is 0 Å². The van der Waals surface area contributed by atoms with Crippen LogP contribution in [0.2, 0.25) is 0 Å². The van der Waals surface area contributed by atoms with Gasteiger partial charge in [-0.2, -0.15) is 0 Å². The van der Waals surface area contributed by atoms with Crippen LogP contribution in [0, 0.1) is 0 Å². The van der Waals surface area contributed by atoms with Crippen LogP contribution in [0.1, 0.15) is 55.4 Å². The third-order valence-electron chi connectivity index (χ3n) is 4.02. The summed E-state index contributed by atoms with van der Waals surface area (Å²) in [6.45, 7) is 24.9. The number of rotatable bonds is 5. The second-order valence-corrected chi connectivity index (χ2v) is 12.2. The standard InChI is InChI=1S/C19H34N2P.CHO.Ru.H/c1-9-21(10-2)14-16-12-11-13-17(20-16)15-22(18(3,4)5)19(6,7)8;1-2;;/h11-13,15H,9-10,14H2,1-8H3;1H;;/q2*-1;+3;/p+1. The molecule has 0 atom stereocenters. The zero-order chi connectivity index (χ0) is 19.0. The van der Waals surface area contributed by atoms with Crippen molar-refractivity contribution in [3.05, 3.63) is 40.8 Å². The van der Waals surface area contributed by atoms with E-state index in [1.807, 2.05) is 0 Å². The first kappa shape index (κ1) is 26.9. The van der Waals surface area contributed by atoms with E-state index in [1.54, 1.807) is 0 Å². The van der Waals surface area contributed by atoms with Gasteiger partial charge in [0.05, 0.1) is 10.3 Å². The average molecular weight is 454 g/mol. The molecule has 5 heteroatoms. The first-order valence-corrected chi connectivity index (χ1v) is 10.3. The fraction of sp³-hybridized carbons (Fsp3) is 0.650. The van der Waals surface area contributed by atoms with Crippen LogP contribution in [0.25, 0.3) is 5.32 Å². The quantitative estimate of drug-likeness (QED) is 0.246. The molecule has 25 heavy (non-hydrogen) atoms. The monoisotopic (exact) mass is 454 g/mol. The minimum atomic E-state index is -0.684. The van der Waals surface area contributed by atoms with Gasteiger partial charge in [-0.3, -0.25) is 6.79 Å². The summed E-state index contributed by atoms with van der Waals surface area (Å²) < 4.78 is 0. The van der Waals surface area contributed by atoms with Crippen molar-refractivity contribution in [3.8, 4) is 0 Å². The van der Waals surface area contributed by atoms with Gasteiger partial charge in [0, 0.05) is 20.3 Å². The van der Waals surface area contributed by atoms with Crippen molar-refractivity contribution in [2.75, 3.05) is 19.6 Å². The van der Waals surface area contributed by atoms with Crippen LogP contribution in [-0.2, 0) is 24.3 Å². The molecule has 0 aromatic rings. The van der Waals surface area contributed by atoms with Gasteiger partial charge in [-0.25, -0.2) is 0 Å². The summed E-state index contributed by atoms with van der Waals surface area (Å²) in [5, 5.41) is 5.57. The van der Waals surface area contributed by atoms with Crippen LogP contribution in [0.3, 0.4) is 0 Å². The van der Waals surface area contributed by atoms with Crippen LogP contribution in [0.4, 0.5) is 0 Å². The van der Waals surface area contributed by atoms with Gasteiger partial charge in [0.2, 0.25) is 0 Å². The van der Waals surface area contributed by atoms with E-state index in [9.17, 15) is 0 Å². The number of carbonyl (C=O) groups excluding carboxylic acids is 1. The molecule has 1 aliphatic rings. The van der Waals surface area contributed by atoms with Gasteiger partial charge < -0.3 is 15.0 Å². The van der Waals surface area contributed by atoms with Crippen LogP contribution >= 0.6 is 7.92 Å². The van der Waals surface area contributed by atoms with Gasteiger partial charge in [-0.1, -0.05) is 32.1 Å². The molecule has 0 amide bonds. The Balaban J connectivity index is 0. The Hall–Kier alpha value is -0.297. The fourth-order valence-electron chi connectivity index (χ4n) is 3.05. The Morgan fingerprint density at radius 3 is 1.96 bits per heavy atom. The number of allylic oxidation sites excluding steroid dienone is 3. The zero-order valence-electron chi connectivity index (χ0n) is 17.2. The molecular weight excluding hydrogens is 416 g/mol. The molecule has 1 radical (unpaired) electrons. The molecule has 1 aliphatic heterocycles.